The van der Waals surface area contributed by atoms with Crippen LogP contribution >= 0.6 is 0 Å². The molecular formula is C10H19N2O2. The van der Waals surface area contributed by atoms with Crippen molar-refractivity contribution in [2.45, 2.75) is 32.7 Å². The van der Waals surface area contributed by atoms with Crippen molar-refractivity contribution in [1.29, 1.82) is 0 Å². The maximum absolute atomic E-state index is 11.3. The maximum atomic E-state index is 11.3. The van der Waals surface area contributed by atoms with Crippen molar-refractivity contribution in [3.63, 3.8) is 0 Å². The van der Waals surface area contributed by atoms with E-state index in [1.165, 1.54) is 4.90 Å². The van der Waals surface area contributed by atoms with Gasteiger partial charge in [-0.25, -0.2) is 0 Å². The molecule has 0 aliphatic rings. The zero-order chi connectivity index (χ0) is 11.4. The minimum Gasteiger partial charge on any atom is -0.332 e. The van der Waals surface area contributed by atoms with Gasteiger partial charge < -0.3 is 10.6 Å². The molecule has 0 bridgehead atoms. The van der Waals surface area contributed by atoms with Crippen LogP contribution in [0.4, 0.5) is 0 Å². The van der Waals surface area contributed by atoms with Gasteiger partial charge in [-0.05, 0) is 19.3 Å². The Morgan fingerprint density at radius 2 is 2.07 bits per heavy atom. The number of nitrogens with zero attached hydrogens (tertiary/aromatic N) is 1. The number of likely N-dealkylation sites (N-methyl/N-ethyl adjacent to an activating group) is 1. The van der Waals surface area contributed by atoms with Crippen LogP contribution in [-0.4, -0.2) is 36.2 Å². The first-order valence-corrected chi connectivity index (χ1v) is 4.73. The molecule has 0 aliphatic heterocycles. The van der Waals surface area contributed by atoms with Crippen LogP contribution in [-0.2, 0) is 9.59 Å². The first-order valence-electron chi connectivity index (χ1n) is 4.73. The summed E-state index contributed by atoms with van der Waals surface area (Å²) in [5.41, 5.74) is 4.38. The molecule has 0 aromatic heterocycles. The Morgan fingerprint density at radius 1 is 1.57 bits per heavy atom. The summed E-state index contributed by atoms with van der Waals surface area (Å²) in [6.45, 7) is 5.62. The fourth-order valence-electron chi connectivity index (χ4n) is 1.45. The number of rotatable bonds is 5. The standard InChI is InChI=1S/C10H19N2O2/c1-8(2)5-10(3,7-13)12(4)9(14)6-11/h8H,5-6,11H2,1-4H3/t10-/m0/s1. The number of hydrogen-bond acceptors (Lipinski definition) is 3. The molecule has 0 rings (SSSR count). The van der Waals surface area contributed by atoms with Gasteiger partial charge in [0, 0.05) is 7.05 Å². The number of hydrogen-bond donors (Lipinski definition) is 1. The number of carbonyl (C=O) groups excluding carboxylic acids is 2. The molecule has 0 fully saturated rings. The average Bonchev–Trinajstić information content (AvgIpc) is 2.14. The van der Waals surface area contributed by atoms with Gasteiger partial charge in [0.1, 0.15) is 5.54 Å². The first kappa shape index (κ1) is 13.1. The van der Waals surface area contributed by atoms with E-state index in [4.69, 9.17) is 5.73 Å². The molecule has 0 aliphatic carbocycles. The van der Waals surface area contributed by atoms with E-state index in [2.05, 4.69) is 0 Å². The Morgan fingerprint density at radius 3 is 2.36 bits per heavy atom. The largest absolute Gasteiger partial charge is 0.332 e. The molecule has 0 aromatic rings. The molecule has 0 aromatic carbocycles. The van der Waals surface area contributed by atoms with Crippen molar-refractivity contribution >= 4 is 12.2 Å². The predicted octanol–water partition coefficient (Wildman–Crippen LogP) is 0.318. The summed E-state index contributed by atoms with van der Waals surface area (Å²) >= 11 is 0. The zero-order valence-electron chi connectivity index (χ0n) is 9.33. The lowest BCUT2D eigenvalue weighted by Gasteiger charge is -2.34. The van der Waals surface area contributed by atoms with E-state index < -0.39 is 5.54 Å². The summed E-state index contributed by atoms with van der Waals surface area (Å²) in [7, 11) is 1.59. The van der Waals surface area contributed by atoms with Crippen LogP contribution in [0.25, 0.3) is 0 Å². The third-order valence-electron chi connectivity index (χ3n) is 2.31. The molecule has 14 heavy (non-hydrogen) atoms. The van der Waals surface area contributed by atoms with Crippen LogP contribution in [0.3, 0.4) is 0 Å². The normalized spacial score (nSPS) is 15.0. The van der Waals surface area contributed by atoms with Crippen LogP contribution in [0.1, 0.15) is 27.2 Å². The number of amides is 1. The minimum absolute atomic E-state index is 0.0775. The molecule has 0 heterocycles. The third kappa shape index (κ3) is 3.10. The minimum atomic E-state index is -0.857. The molecule has 1 radical (unpaired) electrons. The van der Waals surface area contributed by atoms with E-state index in [1.807, 2.05) is 20.1 Å². The summed E-state index contributed by atoms with van der Waals surface area (Å²) < 4.78 is 0. The molecule has 1 atom stereocenters. The van der Waals surface area contributed by atoms with Crippen LogP contribution in [0, 0.1) is 5.92 Å². The van der Waals surface area contributed by atoms with Crippen molar-refractivity contribution < 1.29 is 9.59 Å². The summed E-state index contributed by atoms with van der Waals surface area (Å²) in [6.07, 6.45) is 2.52. The van der Waals surface area contributed by atoms with E-state index in [9.17, 15) is 9.59 Å². The highest BCUT2D eigenvalue weighted by Crippen LogP contribution is 2.20. The molecular weight excluding hydrogens is 180 g/mol. The third-order valence-corrected chi connectivity index (χ3v) is 2.31. The van der Waals surface area contributed by atoms with Crippen molar-refractivity contribution in [1.82, 2.24) is 4.90 Å². The lowest BCUT2D eigenvalue weighted by Crippen LogP contribution is -2.51. The Labute approximate surface area is 85.4 Å². The second-order valence-corrected chi connectivity index (χ2v) is 4.13. The molecule has 1 amide bonds. The van der Waals surface area contributed by atoms with Crippen molar-refractivity contribution in [2.75, 3.05) is 13.6 Å². The van der Waals surface area contributed by atoms with E-state index >= 15 is 0 Å². The molecule has 4 nitrogen and oxygen atoms in total. The van der Waals surface area contributed by atoms with Gasteiger partial charge in [0.2, 0.25) is 12.2 Å². The second kappa shape index (κ2) is 5.10. The quantitative estimate of drug-likeness (QED) is 0.693. The number of carbonyl (C=O) groups is 1. The average molecular weight is 199 g/mol. The molecule has 0 spiro atoms. The predicted molar refractivity (Wildman–Crippen MR) is 55.4 cm³/mol. The zero-order valence-corrected chi connectivity index (χ0v) is 9.33. The fraction of sp³-hybridized carbons (Fsp3) is 0.800. The molecule has 0 unspecified atom stereocenters. The van der Waals surface area contributed by atoms with Gasteiger partial charge in [0.25, 0.3) is 0 Å². The van der Waals surface area contributed by atoms with Crippen LogP contribution in [0.15, 0.2) is 0 Å². The van der Waals surface area contributed by atoms with Gasteiger partial charge in [-0.2, -0.15) is 0 Å². The summed E-state index contributed by atoms with van der Waals surface area (Å²) in [5.74, 6) is 0.0889. The van der Waals surface area contributed by atoms with Crippen LogP contribution < -0.4 is 5.73 Å². The van der Waals surface area contributed by atoms with E-state index in [0.29, 0.717) is 12.3 Å². The van der Waals surface area contributed by atoms with Crippen molar-refractivity contribution in [2.24, 2.45) is 11.7 Å². The van der Waals surface area contributed by atoms with Gasteiger partial charge >= 0.3 is 0 Å². The molecule has 4 heteroatoms. The highest BCUT2D eigenvalue weighted by Gasteiger charge is 2.33. The number of nitrogens with two attached hydrogens (primary N) is 1. The summed E-state index contributed by atoms with van der Waals surface area (Å²) in [5, 5.41) is 0. The van der Waals surface area contributed by atoms with Crippen LogP contribution in [0.2, 0.25) is 0 Å². The van der Waals surface area contributed by atoms with Gasteiger partial charge in [0.15, 0.2) is 0 Å². The summed E-state index contributed by atoms with van der Waals surface area (Å²) in [4.78, 5) is 23.6. The van der Waals surface area contributed by atoms with Crippen molar-refractivity contribution in [3.8, 4) is 0 Å². The highest BCUT2D eigenvalue weighted by molar-refractivity contribution is 5.82. The van der Waals surface area contributed by atoms with Gasteiger partial charge in [-0.1, -0.05) is 13.8 Å². The van der Waals surface area contributed by atoms with Gasteiger partial charge in [-0.3, -0.25) is 9.59 Å². The van der Waals surface area contributed by atoms with Gasteiger partial charge in [-0.15, -0.1) is 0 Å². The molecule has 0 saturated carbocycles. The maximum Gasteiger partial charge on any atom is 0.236 e. The smallest absolute Gasteiger partial charge is 0.236 e. The highest BCUT2D eigenvalue weighted by atomic mass is 16.2. The summed E-state index contributed by atoms with van der Waals surface area (Å²) in [6, 6.07) is 0. The van der Waals surface area contributed by atoms with E-state index in [-0.39, 0.29) is 12.5 Å². The lowest BCUT2D eigenvalue weighted by molar-refractivity contribution is -0.131. The first-order chi connectivity index (χ1) is 6.37. The molecule has 0 saturated heterocycles. The Bertz CT molecular complexity index is 216. The van der Waals surface area contributed by atoms with E-state index in [0.717, 1.165) is 0 Å². The monoisotopic (exact) mass is 199 g/mol. The van der Waals surface area contributed by atoms with Crippen LogP contribution in [0.5, 0.6) is 0 Å². The molecule has 2 N–H and O–H groups in total. The molecule has 81 valence electrons. The Kier molecular flexibility index (Phi) is 4.77. The lowest BCUT2D eigenvalue weighted by atomic mass is 9.90. The topological polar surface area (TPSA) is 63.4 Å². The SMILES string of the molecule is CC(C)C[C@@](C)([C]=O)N(C)C(=O)CN. The second-order valence-electron chi connectivity index (χ2n) is 4.13. The fourth-order valence-corrected chi connectivity index (χ4v) is 1.45. The van der Waals surface area contributed by atoms with E-state index in [1.54, 1.807) is 14.0 Å². The van der Waals surface area contributed by atoms with Gasteiger partial charge in [0.05, 0.1) is 6.54 Å². The Balaban J connectivity index is 4.66. The Hall–Kier alpha value is -0.900. The van der Waals surface area contributed by atoms with Crippen molar-refractivity contribution in [3.05, 3.63) is 0 Å².